The summed E-state index contributed by atoms with van der Waals surface area (Å²) in [4.78, 5) is 27.2. The van der Waals surface area contributed by atoms with E-state index in [4.69, 9.17) is 0 Å². The van der Waals surface area contributed by atoms with Crippen molar-refractivity contribution in [1.29, 1.82) is 0 Å². The summed E-state index contributed by atoms with van der Waals surface area (Å²) >= 11 is 0. The van der Waals surface area contributed by atoms with Gasteiger partial charge in [0.2, 0.25) is 11.8 Å². The minimum atomic E-state index is 0.0504. The Morgan fingerprint density at radius 3 is 2.37 bits per heavy atom. The summed E-state index contributed by atoms with van der Waals surface area (Å²) in [6.45, 7) is 5.30. The van der Waals surface area contributed by atoms with Gasteiger partial charge in [-0.05, 0) is 76.4 Å². The summed E-state index contributed by atoms with van der Waals surface area (Å²) in [5, 5.41) is 6.08. The summed E-state index contributed by atoms with van der Waals surface area (Å²) in [5.74, 6) is 0.299. The minimum Gasteiger partial charge on any atom is -0.326 e. The molecule has 2 fully saturated rings. The Bertz CT molecular complexity index is 647. The molecule has 5 nitrogen and oxygen atoms in total. The van der Waals surface area contributed by atoms with Crippen molar-refractivity contribution in [3.63, 3.8) is 0 Å². The van der Waals surface area contributed by atoms with E-state index in [0.29, 0.717) is 6.42 Å². The van der Waals surface area contributed by atoms with Crippen LogP contribution in [-0.4, -0.2) is 36.3 Å². The lowest BCUT2D eigenvalue weighted by Gasteiger charge is -2.26. The van der Waals surface area contributed by atoms with Crippen LogP contribution in [0.15, 0.2) is 18.2 Å². The highest BCUT2D eigenvalue weighted by molar-refractivity contribution is 5.96. The molecule has 3 rings (SSSR count). The van der Waals surface area contributed by atoms with Crippen molar-refractivity contribution in [2.75, 3.05) is 30.3 Å². The third-order valence-corrected chi connectivity index (χ3v) is 5.92. The number of piperidine rings is 1. The number of rotatable bonds is 7. The summed E-state index contributed by atoms with van der Waals surface area (Å²) < 4.78 is 0. The van der Waals surface area contributed by atoms with Crippen LogP contribution in [0.4, 0.5) is 11.4 Å². The van der Waals surface area contributed by atoms with Crippen molar-refractivity contribution < 1.29 is 9.59 Å². The second-order valence-electron chi connectivity index (χ2n) is 8.00. The molecule has 1 aromatic rings. The summed E-state index contributed by atoms with van der Waals surface area (Å²) in [7, 11) is 0. The molecule has 2 N–H and O–H groups in total. The van der Waals surface area contributed by atoms with Gasteiger partial charge in [-0.2, -0.15) is 0 Å². The van der Waals surface area contributed by atoms with Gasteiger partial charge >= 0.3 is 0 Å². The topological polar surface area (TPSA) is 61.4 Å². The Morgan fingerprint density at radius 2 is 1.67 bits per heavy atom. The lowest BCUT2D eigenvalue weighted by atomic mass is 10.1. The molecule has 0 bridgehead atoms. The van der Waals surface area contributed by atoms with Crippen molar-refractivity contribution in [2.24, 2.45) is 5.92 Å². The van der Waals surface area contributed by atoms with Crippen molar-refractivity contribution in [3.8, 4) is 0 Å². The number of carbonyl (C=O) groups is 2. The Labute approximate surface area is 162 Å². The zero-order valence-corrected chi connectivity index (χ0v) is 16.6. The zero-order chi connectivity index (χ0) is 19.1. The maximum Gasteiger partial charge on any atom is 0.227 e. The molecule has 0 spiro atoms. The monoisotopic (exact) mass is 371 g/mol. The van der Waals surface area contributed by atoms with E-state index in [0.717, 1.165) is 55.6 Å². The molecule has 148 valence electrons. The fraction of sp³-hybridized carbons (Fsp3) is 0.636. The van der Waals surface area contributed by atoms with Crippen LogP contribution in [0.1, 0.15) is 63.4 Å². The number of nitrogens with one attached hydrogen (secondary N) is 2. The fourth-order valence-electron chi connectivity index (χ4n) is 4.19. The second kappa shape index (κ2) is 9.88. The average Bonchev–Trinajstić information content (AvgIpc) is 3.21. The van der Waals surface area contributed by atoms with Gasteiger partial charge in [-0.1, -0.05) is 25.3 Å². The summed E-state index contributed by atoms with van der Waals surface area (Å²) in [6, 6.07) is 5.71. The van der Waals surface area contributed by atoms with Crippen LogP contribution in [0, 0.1) is 12.8 Å². The van der Waals surface area contributed by atoms with Gasteiger partial charge < -0.3 is 15.5 Å². The molecule has 1 saturated heterocycles. The van der Waals surface area contributed by atoms with E-state index in [9.17, 15) is 9.59 Å². The van der Waals surface area contributed by atoms with Gasteiger partial charge in [0, 0.05) is 23.7 Å². The lowest BCUT2D eigenvalue weighted by Crippen LogP contribution is -2.31. The van der Waals surface area contributed by atoms with E-state index in [1.54, 1.807) is 0 Å². The van der Waals surface area contributed by atoms with Gasteiger partial charge in [0.25, 0.3) is 0 Å². The standard InChI is InChI=1S/C22H33N3O2/c1-17-19(23-21(26)13-8-16-25-14-5-2-6-15-25)11-7-12-20(17)24-22(27)18-9-3-4-10-18/h7,11-12,18H,2-6,8-10,13-16H2,1H3,(H,23,26)(H,24,27). The quantitative estimate of drug-likeness (QED) is 0.750. The molecule has 1 aromatic carbocycles. The number of hydrogen-bond donors (Lipinski definition) is 2. The molecular formula is C22H33N3O2. The molecule has 5 heteroatoms. The normalized spacial score (nSPS) is 18.4. The van der Waals surface area contributed by atoms with Crippen LogP contribution in [0.5, 0.6) is 0 Å². The van der Waals surface area contributed by atoms with Crippen molar-refractivity contribution in [3.05, 3.63) is 23.8 Å². The lowest BCUT2D eigenvalue weighted by molar-refractivity contribution is -0.119. The van der Waals surface area contributed by atoms with Gasteiger partial charge in [0.05, 0.1) is 0 Å². The molecule has 0 atom stereocenters. The van der Waals surface area contributed by atoms with Gasteiger partial charge in [0.1, 0.15) is 0 Å². The summed E-state index contributed by atoms with van der Waals surface area (Å²) in [6.07, 6.45) is 9.59. The highest BCUT2D eigenvalue weighted by atomic mass is 16.2. The van der Waals surface area contributed by atoms with Gasteiger partial charge in [-0.25, -0.2) is 0 Å². The predicted octanol–water partition coefficient (Wildman–Crippen LogP) is 4.33. The Kier molecular flexibility index (Phi) is 7.27. The van der Waals surface area contributed by atoms with E-state index in [1.165, 1.54) is 32.4 Å². The molecule has 0 radical (unpaired) electrons. The smallest absolute Gasteiger partial charge is 0.227 e. The first-order chi connectivity index (χ1) is 13.1. The first kappa shape index (κ1) is 19.9. The molecule has 27 heavy (non-hydrogen) atoms. The first-order valence-corrected chi connectivity index (χ1v) is 10.6. The van der Waals surface area contributed by atoms with Crippen LogP contribution in [0.25, 0.3) is 0 Å². The van der Waals surface area contributed by atoms with E-state index < -0.39 is 0 Å². The van der Waals surface area contributed by atoms with Crippen LogP contribution >= 0.6 is 0 Å². The molecule has 0 aromatic heterocycles. The average molecular weight is 372 g/mol. The first-order valence-electron chi connectivity index (χ1n) is 10.6. The Morgan fingerprint density at radius 1 is 1.00 bits per heavy atom. The largest absolute Gasteiger partial charge is 0.326 e. The molecule has 1 saturated carbocycles. The van der Waals surface area contributed by atoms with Crippen LogP contribution in [-0.2, 0) is 9.59 Å². The summed E-state index contributed by atoms with van der Waals surface area (Å²) in [5.41, 5.74) is 2.52. The molecule has 1 aliphatic carbocycles. The van der Waals surface area contributed by atoms with Crippen molar-refractivity contribution in [2.45, 2.75) is 64.7 Å². The number of carbonyl (C=O) groups excluding carboxylic acids is 2. The minimum absolute atomic E-state index is 0.0504. The molecular weight excluding hydrogens is 338 g/mol. The van der Waals surface area contributed by atoms with Gasteiger partial charge in [-0.15, -0.1) is 0 Å². The third kappa shape index (κ3) is 5.80. The maximum absolute atomic E-state index is 12.4. The van der Waals surface area contributed by atoms with E-state index >= 15 is 0 Å². The molecule has 2 aliphatic rings. The van der Waals surface area contributed by atoms with Crippen LogP contribution in [0.3, 0.4) is 0 Å². The highest BCUT2D eigenvalue weighted by Gasteiger charge is 2.23. The van der Waals surface area contributed by atoms with Gasteiger partial charge in [-0.3, -0.25) is 9.59 Å². The van der Waals surface area contributed by atoms with Crippen molar-refractivity contribution >= 4 is 23.2 Å². The zero-order valence-electron chi connectivity index (χ0n) is 16.6. The van der Waals surface area contributed by atoms with Gasteiger partial charge in [0.15, 0.2) is 0 Å². The maximum atomic E-state index is 12.4. The molecule has 0 unspecified atom stereocenters. The molecule has 1 aliphatic heterocycles. The number of likely N-dealkylation sites (tertiary alicyclic amines) is 1. The number of anilines is 2. The van der Waals surface area contributed by atoms with E-state index in [-0.39, 0.29) is 17.7 Å². The third-order valence-electron chi connectivity index (χ3n) is 5.92. The Hall–Kier alpha value is -1.88. The molecule has 1 heterocycles. The fourth-order valence-corrected chi connectivity index (χ4v) is 4.19. The van der Waals surface area contributed by atoms with E-state index in [2.05, 4.69) is 15.5 Å². The molecule has 2 amide bonds. The number of benzene rings is 1. The van der Waals surface area contributed by atoms with E-state index in [1.807, 2.05) is 25.1 Å². The van der Waals surface area contributed by atoms with Crippen LogP contribution in [0.2, 0.25) is 0 Å². The number of nitrogens with zero attached hydrogens (tertiary/aromatic N) is 1. The number of hydrogen-bond acceptors (Lipinski definition) is 3. The highest BCUT2D eigenvalue weighted by Crippen LogP contribution is 2.28. The predicted molar refractivity (Wildman–Crippen MR) is 110 cm³/mol. The second-order valence-corrected chi connectivity index (χ2v) is 8.00. The van der Waals surface area contributed by atoms with Crippen LogP contribution < -0.4 is 10.6 Å². The Balaban J connectivity index is 1.48. The van der Waals surface area contributed by atoms with Crippen molar-refractivity contribution in [1.82, 2.24) is 4.90 Å². The number of amides is 2. The SMILES string of the molecule is Cc1c(NC(=O)CCCN2CCCCC2)cccc1NC(=O)C1CCCC1.